The first kappa shape index (κ1) is 16.6. The Labute approximate surface area is 125 Å². The van der Waals surface area contributed by atoms with Gasteiger partial charge >= 0.3 is 0 Å². The summed E-state index contributed by atoms with van der Waals surface area (Å²) in [6.45, 7) is 7.48. The number of hydrogen-bond acceptors (Lipinski definition) is 3. The highest BCUT2D eigenvalue weighted by Gasteiger charge is 2.08. The molecule has 0 heterocycles. The summed E-state index contributed by atoms with van der Waals surface area (Å²) in [6, 6.07) is 8.29. The smallest absolute Gasteiger partial charge is 0.0791 e. The van der Waals surface area contributed by atoms with Crippen molar-refractivity contribution in [2.75, 3.05) is 26.7 Å². The van der Waals surface area contributed by atoms with Crippen LogP contribution in [0.2, 0.25) is 0 Å². The van der Waals surface area contributed by atoms with Crippen LogP contribution in [0.25, 0.3) is 0 Å². The van der Waals surface area contributed by atoms with Crippen LogP contribution in [0.4, 0.5) is 0 Å². The third-order valence-electron chi connectivity index (χ3n) is 2.82. The van der Waals surface area contributed by atoms with Crippen molar-refractivity contribution in [3.05, 3.63) is 34.3 Å². The summed E-state index contributed by atoms with van der Waals surface area (Å²) in [5, 5.41) is 13.2. The summed E-state index contributed by atoms with van der Waals surface area (Å²) in [6.07, 6.45) is -0.320. The number of aliphatic hydroxyl groups excluding tert-OH is 1. The van der Waals surface area contributed by atoms with Crippen LogP contribution >= 0.6 is 15.9 Å². The Morgan fingerprint density at radius 1 is 1.21 bits per heavy atom. The van der Waals surface area contributed by atoms with Crippen LogP contribution in [0.15, 0.2) is 28.7 Å². The van der Waals surface area contributed by atoms with E-state index in [2.05, 4.69) is 52.1 Å². The van der Waals surface area contributed by atoms with Crippen molar-refractivity contribution < 1.29 is 5.11 Å². The molecular weight excluding hydrogens is 304 g/mol. The van der Waals surface area contributed by atoms with Gasteiger partial charge < -0.3 is 10.4 Å². The van der Waals surface area contributed by atoms with Crippen molar-refractivity contribution in [1.29, 1.82) is 0 Å². The molecular formula is C15H25BrN2O. The van der Waals surface area contributed by atoms with E-state index in [0.29, 0.717) is 19.0 Å². The van der Waals surface area contributed by atoms with Gasteiger partial charge in [-0.2, -0.15) is 0 Å². The predicted octanol–water partition coefficient (Wildman–Crippen LogP) is 2.49. The molecule has 0 aliphatic rings. The molecule has 0 aliphatic heterocycles. The molecule has 1 unspecified atom stereocenters. The Morgan fingerprint density at radius 3 is 2.42 bits per heavy atom. The van der Waals surface area contributed by atoms with Crippen molar-refractivity contribution in [1.82, 2.24) is 10.2 Å². The Bertz CT molecular complexity index is 354. The summed E-state index contributed by atoms with van der Waals surface area (Å²) in [4.78, 5) is 2.14. The number of rotatable bonds is 8. The number of benzene rings is 1. The van der Waals surface area contributed by atoms with Gasteiger partial charge in [0, 0.05) is 24.1 Å². The molecule has 0 saturated heterocycles. The molecule has 0 amide bonds. The summed E-state index contributed by atoms with van der Waals surface area (Å²) in [7, 11) is 2.04. The maximum Gasteiger partial charge on any atom is 0.0791 e. The number of hydrogen-bond donors (Lipinski definition) is 2. The molecule has 0 spiro atoms. The zero-order chi connectivity index (χ0) is 14.3. The predicted molar refractivity (Wildman–Crippen MR) is 84.2 cm³/mol. The van der Waals surface area contributed by atoms with E-state index in [1.807, 2.05) is 19.2 Å². The first-order valence-electron chi connectivity index (χ1n) is 6.79. The van der Waals surface area contributed by atoms with Gasteiger partial charge in [0.15, 0.2) is 0 Å². The number of nitrogens with one attached hydrogen (secondary N) is 1. The average Bonchev–Trinajstić information content (AvgIpc) is 2.31. The molecule has 0 fully saturated rings. The number of aliphatic hydroxyl groups is 1. The van der Waals surface area contributed by atoms with Gasteiger partial charge in [0.2, 0.25) is 0 Å². The minimum atomic E-state index is -0.320. The van der Waals surface area contributed by atoms with Gasteiger partial charge in [0.1, 0.15) is 0 Å². The molecule has 1 rings (SSSR count). The van der Waals surface area contributed by atoms with Crippen LogP contribution in [0.5, 0.6) is 0 Å². The number of likely N-dealkylation sites (N-methyl/N-ethyl adjacent to an activating group) is 1. The minimum Gasteiger partial charge on any atom is -0.390 e. The number of halogens is 1. The van der Waals surface area contributed by atoms with E-state index >= 15 is 0 Å². The standard InChI is InChI=1S/C15H25BrN2O/c1-12(2)8-17-9-15(19)11-18(3)10-13-4-6-14(16)7-5-13/h4-7,12,15,17,19H,8-11H2,1-3H3. The van der Waals surface area contributed by atoms with Gasteiger partial charge in [-0.05, 0) is 37.2 Å². The average molecular weight is 329 g/mol. The second kappa shape index (κ2) is 8.69. The van der Waals surface area contributed by atoms with Gasteiger partial charge in [-0.15, -0.1) is 0 Å². The second-order valence-corrected chi connectivity index (χ2v) is 6.44. The Kier molecular flexibility index (Phi) is 7.61. The van der Waals surface area contributed by atoms with E-state index in [4.69, 9.17) is 0 Å². The van der Waals surface area contributed by atoms with E-state index in [-0.39, 0.29) is 6.10 Å². The highest BCUT2D eigenvalue weighted by atomic mass is 79.9. The largest absolute Gasteiger partial charge is 0.390 e. The lowest BCUT2D eigenvalue weighted by Crippen LogP contribution is -2.37. The quantitative estimate of drug-likeness (QED) is 0.769. The molecule has 4 heteroatoms. The van der Waals surface area contributed by atoms with E-state index in [9.17, 15) is 5.11 Å². The highest BCUT2D eigenvalue weighted by Crippen LogP contribution is 2.11. The lowest BCUT2D eigenvalue weighted by atomic mass is 10.2. The zero-order valence-corrected chi connectivity index (χ0v) is 13.7. The second-order valence-electron chi connectivity index (χ2n) is 5.53. The van der Waals surface area contributed by atoms with Gasteiger partial charge in [0.05, 0.1) is 6.10 Å². The van der Waals surface area contributed by atoms with Gasteiger partial charge in [0.25, 0.3) is 0 Å². The molecule has 19 heavy (non-hydrogen) atoms. The molecule has 0 aliphatic carbocycles. The van der Waals surface area contributed by atoms with Gasteiger partial charge in [-0.3, -0.25) is 4.90 Å². The maximum atomic E-state index is 9.94. The lowest BCUT2D eigenvalue weighted by molar-refractivity contribution is 0.120. The van der Waals surface area contributed by atoms with E-state index in [1.165, 1.54) is 5.56 Å². The molecule has 1 atom stereocenters. The minimum absolute atomic E-state index is 0.320. The highest BCUT2D eigenvalue weighted by molar-refractivity contribution is 9.10. The third kappa shape index (κ3) is 7.67. The Balaban J connectivity index is 2.26. The monoisotopic (exact) mass is 328 g/mol. The SMILES string of the molecule is CC(C)CNCC(O)CN(C)Cc1ccc(Br)cc1. The topological polar surface area (TPSA) is 35.5 Å². The molecule has 0 aromatic heterocycles. The van der Waals surface area contributed by atoms with Crippen LogP contribution in [0.3, 0.4) is 0 Å². The van der Waals surface area contributed by atoms with Crippen molar-refractivity contribution in [3.63, 3.8) is 0 Å². The molecule has 0 radical (unpaired) electrons. The zero-order valence-electron chi connectivity index (χ0n) is 12.1. The molecule has 3 nitrogen and oxygen atoms in total. The van der Waals surface area contributed by atoms with Gasteiger partial charge in [-0.25, -0.2) is 0 Å². The van der Waals surface area contributed by atoms with Crippen molar-refractivity contribution in [2.24, 2.45) is 5.92 Å². The maximum absolute atomic E-state index is 9.94. The molecule has 1 aromatic rings. The van der Waals surface area contributed by atoms with Crippen LogP contribution in [-0.4, -0.2) is 42.8 Å². The van der Waals surface area contributed by atoms with Crippen molar-refractivity contribution in [3.8, 4) is 0 Å². The molecule has 0 saturated carbocycles. The summed E-state index contributed by atoms with van der Waals surface area (Å²) in [5.74, 6) is 0.618. The lowest BCUT2D eigenvalue weighted by Gasteiger charge is -2.21. The van der Waals surface area contributed by atoms with Crippen LogP contribution in [0.1, 0.15) is 19.4 Å². The molecule has 108 valence electrons. The van der Waals surface area contributed by atoms with E-state index in [0.717, 1.165) is 17.6 Å². The van der Waals surface area contributed by atoms with Crippen molar-refractivity contribution in [2.45, 2.75) is 26.5 Å². The fourth-order valence-corrected chi connectivity index (χ4v) is 2.19. The normalized spacial score (nSPS) is 13.2. The Morgan fingerprint density at radius 2 is 1.84 bits per heavy atom. The van der Waals surface area contributed by atoms with Crippen LogP contribution in [-0.2, 0) is 6.54 Å². The van der Waals surface area contributed by atoms with Crippen LogP contribution in [0, 0.1) is 5.92 Å². The third-order valence-corrected chi connectivity index (χ3v) is 3.35. The fourth-order valence-electron chi connectivity index (χ4n) is 1.93. The van der Waals surface area contributed by atoms with Gasteiger partial charge in [-0.1, -0.05) is 41.9 Å². The van der Waals surface area contributed by atoms with E-state index in [1.54, 1.807) is 0 Å². The molecule has 2 N–H and O–H groups in total. The van der Waals surface area contributed by atoms with Crippen molar-refractivity contribution >= 4 is 15.9 Å². The molecule has 0 bridgehead atoms. The first-order valence-corrected chi connectivity index (χ1v) is 7.58. The summed E-state index contributed by atoms with van der Waals surface area (Å²) >= 11 is 3.43. The van der Waals surface area contributed by atoms with Crippen LogP contribution < -0.4 is 5.32 Å². The summed E-state index contributed by atoms with van der Waals surface area (Å²) in [5.41, 5.74) is 1.26. The molecule has 1 aromatic carbocycles. The fraction of sp³-hybridized carbons (Fsp3) is 0.600. The number of nitrogens with zero attached hydrogens (tertiary/aromatic N) is 1. The Hall–Kier alpha value is -0.420. The summed E-state index contributed by atoms with van der Waals surface area (Å²) < 4.78 is 1.09. The first-order chi connectivity index (χ1) is 8.97. The van der Waals surface area contributed by atoms with E-state index < -0.39 is 0 Å².